The van der Waals surface area contributed by atoms with Crippen LogP contribution in [0.25, 0.3) is 0 Å². The monoisotopic (exact) mass is 489 g/mol. The van der Waals surface area contributed by atoms with E-state index in [0.29, 0.717) is 38.6 Å². The van der Waals surface area contributed by atoms with E-state index in [4.69, 9.17) is 9.94 Å². The van der Waals surface area contributed by atoms with E-state index in [-0.39, 0.29) is 30.8 Å². The molecule has 1 aliphatic rings. The molecule has 9 heteroatoms. The van der Waals surface area contributed by atoms with E-state index < -0.39 is 24.0 Å². The van der Waals surface area contributed by atoms with E-state index in [0.717, 1.165) is 24.0 Å². The SMILES string of the molecule is CCOC(=O)[C@H](CC(C)C)NC(=O)[C@@H]1Cc2ccccc2CN1C(=O)CCCCCCC(=O)NO. The first kappa shape index (κ1) is 28.3. The molecule has 0 unspecified atom stereocenters. The fraction of sp³-hybridized carbons (Fsp3) is 0.615. The van der Waals surface area contributed by atoms with Crippen LogP contribution in [-0.2, 0) is 36.9 Å². The van der Waals surface area contributed by atoms with Crippen LogP contribution in [0.5, 0.6) is 0 Å². The number of ether oxygens (including phenoxy) is 1. The Morgan fingerprint density at radius 1 is 1.06 bits per heavy atom. The highest BCUT2D eigenvalue weighted by Gasteiger charge is 2.36. The molecular formula is C26H39N3O6. The number of rotatable bonds is 13. The van der Waals surface area contributed by atoms with E-state index in [2.05, 4.69) is 5.32 Å². The third-order valence-electron chi connectivity index (χ3n) is 6.14. The normalized spacial score (nSPS) is 15.8. The van der Waals surface area contributed by atoms with Crippen LogP contribution in [0.3, 0.4) is 0 Å². The van der Waals surface area contributed by atoms with Crippen molar-refractivity contribution >= 4 is 23.7 Å². The summed E-state index contributed by atoms with van der Waals surface area (Å²) in [6.45, 7) is 6.25. The van der Waals surface area contributed by atoms with Crippen LogP contribution in [0, 0.1) is 5.92 Å². The summed E-state index contributed by atoms with van der Waals surface area (Å²) >= 11 is 0. The van der Waals surface area contributed by atoms with E-state index in [1.54, 1.807) is 17.3 Å². The zero-order valence-corrected chi connectivity index (χ0v) is 21.0. The summed E-state index contributed by atoms with van der Waals surface area (Å²) in [7, 11) is 0. The van der Waals surface area contributed by atoms with Gasteiger partial charge in [0.2, 0.25) is 17.7 Å². The minimum absolute atomic E-state index is 0.107. The summed E-state index contributed by atoms with van der Waals surface area (Å²) in [6.07, 6.45) is 4.20. The van der Waals surface area contributed by atoms with E-state index >= 15 is 0 Å². The summed E-state index contributed by atoms with van der Waals surface area (Å²) in [5.74, 6) is -1.15. The van der Waals surface area contributed by atoms with Crippen LogP contribution in [0.15, 0.2) is 24.3 Å². The number of carbonyl (C=O) groups excluding carboxylic acids is 4. The Kier molecular flexibility index (Phi) is 11.7. The van der Waals surface area contributed by atoms with Crippen LogP contribution < -0.4 is 10.8 Å². The van der Waals surface area contributed by atoms with Crippen LogP contribution in [0.2, 0.25) is 0 Å². The quantitative estimate of drug-likeness (QED) is 0.169. The van der Waals surface area contributed by atoms with Crippen LogP contribution in [0.1, 0.15) is 76.8 Å². The number of nitrogens with zero attached hydrogens (tertiary/aromatic N) is 1. The first-order chi connectivity index (χ1) is 16.8. The van der Waals surface area contributed by atoms with Gasteiger partial charge in [0.05, 0.1) is 6.61 Å². The summed E-state index contributed by atoms with van der Waals surface area (Å²) < 4.78 is 5.16. The fourth-order valence-corrected chi connectivity index (χ4v) is 4.33. The Balaban J connectivity index is 2.06. The first-order valence-electron chi connectivity index (χ1n) is 12.5. The molecule has 0 aromatic heterocycles. The number of hydroxylamine groups is 1. The predicted octanol–water partition coefficient (Wildman–Crippen LogP) is 2.88. The van der Waals surface area contributed by atoms with E-state index in [1.165, 1.54) is 0 Å². The highest BCUT2D eigenvalue weighted by Crippen LogP contribution is 2.25. The third-order valence-corrected chi connectivity index (χ3v) is 6.14. The van der Waals surface area contributed by atoms with Gasteiger partial charge in [0.15, 0.2) is 0 Å². The molecule has 0 bridgehead atoms. The highest BCUT2D eigenvalue weighted by atomic mass is 16.5. The molecule has 194 valence electrons. The lowest BCUT2D eigenvalue weighted by Gasteiger charge is -2.37. The topological polar surface area (TPSA) is 125 Å². The smallest absolute Gasteiger partial charge is 0.328 e. The van der Waals surface area contributed by atoms with Crippen molar-refractivity contribution in [3.8, 4) is 0 Å². The Labute approximate surface area is 207 Å². The molecule has 3 amide bonds. The molecule has 0 fully saturated rings. The van der Waals surface area contributed by atoms with Crippen molar-refractivity contribution in [2.24, 2.45) is 5.92 Å². The Morgan fingerprint density at radius 3 is 2.34 bits per heavy atom. The van der Waals surface area contributed by atoms with Gasteiger partial charge >= 0.3 is 5.97 Å². The zero-order valence-electron chi connectivity index (χ0n) is 21.0. The number of hydrogen-bond donors (Lipinski definition) is 3. The number of benzene rings is 1. The van der Waals surface area contributed by atoms with Gasteiger partial charge in [0.1, 0.15) is 12.1 Å². The number of carbonyl (C=O) groups is 4. The second-order valence-electron chi connectivity index (χ2n) is 9.40. The lowest BCUT2D eigenvalue weighted by Crippen LogP contribution is -2.55. The van der Waals surface area contributed by atoms with Crippen molar-refractivity contribution in [1.29, 1.82) is 0 Å². The van der Waals surface area contributed by atoms with Gasteiger partial charge in [-0.1, -0.05) is 51.0 Å². The number of hydrogen-bond acceptors (Lipinski definition) is 6. The average Bonchev–Trinajstić information content (AvgIpc) is 2.84. The highest BCUT2D eigenvalue weighted by molar-refractivity contribution is 5.91. The van der Waals surface area contributed by atoms with Crippen molar-refractivity contribution in [2.45, 2.75) is 90.8 Å². The summed E-state index contributed by atoms with van der Waals surface area (Å²) in [6, 6.07) is 6.32. The molecule has 0 spiro atoms. The standard InChI is InChI=1S/C26H39N3O6/c1-4-35-26(33)21(15-18(2)3)27-25(32)22-16-19-11-9-10-12-20(19)17-29(22)24(31)14-8-6-5-7-13-23(30)28-34/h9-12,18,21-22,34H,4-8,13-17H2,1-3H3,(H,27,32)(H,28,30)/t21-,22-/m0/s1. The molecule has 0 aliphatic carbocycles. The lowest BCUT2D eigenvalue weighted by atomic mass is 9.92. The Hall–Kier alpha value is -2.94. The summed E-state index contributed by atoms with van der Waals surface area (Å²) in [5.41, 5.74) is 3.65. The molecule has 1 heterocycles. The molecule has 1 aromatic rings. The molecule has 9 nitrogen and oxygen atoms in total. The Bertz CT molecular complexity index is 872. The van der Waals surface area contributed by atoms with Gasteiger partial charge in [-0.05, 0) is 43.2 Å². The third kappa shape index (κ3) is 8.98. The molecule has 2 rings (SSSR count). The van der Waals surface area contributed by atoms with Crippen molar-refractivity contribution in [1.82, 2.24) is 15.7 Å². The molecule has 35 heavy (non-hydrogen) atoms. The lowest BCUT2D eigenvalue weighted by molar-refractivity contribution is -0.149. The Morgan fingerprint density at radius 2 is 1.71 bits per heavy atom. The van der Waals surface area contributed by atoms with Gasteiger partial charge in [0.25, 0.3) is 0 Å². The second kappa shape index (κ2) is 14.5. The first-order valence-corrected chi connectivity index (χ1v) is 12.5. The van der Waals surface area contributed by atoms with Gasteiger partial charge in [-0.15, -0.1) is 0 Å². The van der Waals surface area contributed by atoms with Gasteiger partial charge in [0, 0.05) is 25.8 Å². The largest absolute Gasteiger partial charge is 0.464 e. The molecule has 1 aliphatic heterocycles. The van der Waals surface area contributed by atoms with Gasteiger partial charge < -0.3 is 15.0 Å². The van der Waals surface area contributed by atoms with Crippen molar-refractivity contribution < 1.29 is 29.1 Å². The van der Waals surface area contributed by atoms with Crippen molar-refractivity contribution in [2.75, 3.05) is 6.61 Å². The molecule has 0 saturated carbocycles. The van der Waals surface area contributed by atoms with Gasteiger partial charge in [-0.3, -0.25) is 19.6 Å². The van der Waals surface area contributed by atoms with E-state index in [1.807, 2.05) is 38.1 Å². The molecular weight excluding hydrogens is 450 g/mol. The maximum absolute atomic E-state index is 13.4. The van der Waals surface area contributed by atoms with Crippen LogP contribution >= 0.6 is 0 Å². The van der Waals surface area contributed by atoms with E-state index in [9.17, 15) is 19.2 Å². The van der Waals surface area contributed by atoms with Crippen LogP contribution in [0.4, 0.5) is 0 Å². The molecule has 0 radical (unpaired) electrons. The van der Waals surface area contributed by atoms with Crippen molar-refractivity contribution in [3.05, 3.63) is 35.4 Å². The maximum Gasteiger partial charge on any atom is 0.328 e. The average molecular weight is 490 g/mol. The summed E-state index contributed by atoms with van der Waals surface area (Å²) in [4.78, 5) is 51.7. The second-order valence-corrected chi connectivity index (χ2v) is 9.40. The predicted molar refractivity (Wildman–Crippen MR) is 130 cm³/mol. The molecule has 0 saturated heterocycles. The maximum atomic E-state index is 13.4. The van der Waals surface area contributed by atoms with Gasteiger partial charge in [-0.25, -0.2) is 10.3 Å². The number of nitrogens with one attached hydrogen (secondary N) is 2. The van der Waals surface area contributed by atoms with Gasteiger partial charge in [-0.2, -0.15) is 0 Å². The number of unbranched alkanes of at least 4 members (excludes halogenated alkanes) is 3. The minimum atomic E-state index is -0.757. The molecule has 3 N–H and O–H groups in total. The zero-order chi connectivity index (χ0) is 25.8. The molecule has 1 aromatic carbocycles. The number of esters is 1. The number of fused-ring (bicyclic) bond motifs is 1. The minimum Gasteiger partial charge on any atom is -0.464 e. The van der Waals surface area contributed by atoms with Crippen LogP contribution in [-0.4, -0.2) is 52.5 Å². The van der Waals surface area contributed by atoms with Crippen molar-refractivity contribution in [3.63, 3.8) is 0 Å². The molecule has 2 atom stereocenters. The fourth-order valence-electron chi connectivity index (χ4n) is 4.33. The number of amides is 3. The summed E-state index contributed by atoms with van der Waals surface area (Å²) in [5, 5.41) is 11.4.